The molecule has 0 aliphatic rings. The molecule has 0 aliphatic carbocycles. The Labute approximate surface area is 495 Å². The molecule has 8 aromatic rings. The number of nitrogens with zero attached hydrogens (tertiary/aromatic N) is 18. The normalized spacial score (nSPS) is 18.2. The van der Waals surface area contributed by atoms with E-state index in [9.17, 15) is 0 Å². The van der Waals surface area contributed by atoms with Crippen LogP contribution in [0, 0.1) is 27.4 Å². The van der Waals surface area contributed by atoms with Crippen molar-refractivity contribution in [3.63, 3.8) is 0 Å². The Kier molecular flexibility index (Phi) is 14.9. The second kappa shape index (κ2) is 33.7. The molecule has 19 nitrogen and oxygen atoms in total. The molecule has 0 fully saturated rings. The molecule has 0 amide bonds. The van der Waals surface area contributed by atoms with E-state index in [-0.39, 0.29) is 64.0 Å². The van der Waals surface area contributed by atoms with E-state index in [2.05, 4.69) is 74.8 Å². The van der Waals surface area contributed by atoms with Crippen molar-refractivity contribution in [3.8, 4) is 0 Å². The van der Waals surface area contributed by atoms with E-state index in [1.165, 1.54) is 47.4 Å². The summed E-state index contributed by atoms with van der Waals surface area (Å²) < 4.78 is 220. The summed E-state index contributed by atoms with van der Waals surface area (Å²) in [4.78, 5) is 11.2. The van der Waals surface area contributed by atoms with E-state index in [0.717, 1.165) is 46.0 Å². The third-order valence-electron chi connectivity index (χ3n) is 9.56. The van der Waals surface area contributed by atoms with Gasteiger partial charge in [0, 0.05) is 145 Å². The molecule has 0 radical (unpaired) electrons. The predicted molar refractivity (Wildman–Crippen MR) is 305 cm³/mol. The summed E-state index contributed by atoms with van der Waals surface area (Å²) in [6, 6.07) is 0. The van der Waals surface area contributed by atoms with Gasteiger partial charge in [-0.05, 0) is 56.7 Å². The molecule has 0 unspecified atom stereocenters. The van der Waals surface area contributed by atoms with Crippen molar-refractivity contribution in [1.29, 1.82) is 0 Å². The zero-order valence-corrected chi connectivity index (χ0v) is 46.9. The van der Waals surface area contributed by atoms with Gasteiger partial charge in [-0.1, -0.05) is 116 Å². The van der Waals surface area contributed by atoms with Crippen LogP contribution in [0.2, 0.25) is 0 Å². The Morgan fingerprint density at radius 2 is 1.27 bits per heavy atom. The maximum Gasteiger partial charge on any atom is 0.191 e. The number of hydrogen-bond acceptors (Lipinski definition) is 14. The van der Waals surface area contributed by atoms with E-state index in [4.69, 9.17) is 44.2 Å². The molecule has 0 bridgehead atoms. The number of aryl methyl sites for hydroxylation is 8. The van der Waals surface area contributed by atoms with Crippen LogP contribution in [0.5, 0.6) is 0 Å². The van der Waals surface area contributed by atoms with Crippen LogP contribution in [0.3, 0.4) is 0 Å². The van der Waals surface area contributed by atoms with Gasteiger partial charge in [0.1, 0.15) is 45.4 Å². The SMILES string of the molecule is [2H]C([2H])(C)n1cc(C(C)C)cn1.[2H]C([2H])([2H])c1ncc(C(C)C)n1C([2H])([2H])[2H].[2H]C([2H])([2H])c1ncc(C(C)C)o1.[2H]C([2H])([2H])c1nnc(C(C)C)n1C([2H])([2H])[2H].[2H]C([2H])([2H])c1nnc(C(C)C)s1.[2H]C([2H])([2H])n1cc(C(C)C)nn1.[2H]C([2H])([2H])n1cncc1C(C)C.[2H]C([2H])([2H])n1cnnc1C(C)C. The molecule has 0 saturated carbocycles. The van der Waals surface area contributed by atoms with Gasteiger partial charge in [-0.25, -0.2) is 15.0 Å². The lowest BCUT2D eigenvalue weighted by molar-refractivity contribution is 0.456. The molecule has 8 heterocycles. The maximum absolute atomic E-state index is 7.39. The molecule has 20 heteroatoms. The summed E-state index contributed by atoms with van der Waals surface area (Å²) in [5, 5.41) is 33.9. The third kappa shape index (κ3) is 24.4. The molecule has 0 atom stereocenters. The van der Waals surface area contributed by atoms with Crippen LogP contribution in [0.15, 0.2) is 54.3 Å². The van der Waals surface area contributed by atoms with Crippen molar-refractivity contribution in [2.45, 2.75) is 199 Å². The third-order valence-corrected chi connectivity index (χ3v) is 10.6. The smallest absolute Gasteiger partial charge is 0.191 e. The molecule has 0 spiro atoms. The van der Waals surface area contributed by atoms with Crippen LogP contribution < -0.4 is 0 Å². The topological polar surface area (TPSA) is 197 Å². The fraction of sp³-hybridized carbons (Fsp3) is 0.636. The van der Waals surface area contributed by atoms with Crippen molar-refractivity contribution in [1.82, 2.24) is 88.6 Å². The lowest BCUT2D eigenvalue weighted by Gasteiger charge is -2.05. The van der Waals surface area contributed by atoms with E-state index >= 15 is 0 Å². The maximum atomic E-state index is 7.39. The molecular formula is C55H96N18OS. The van der Waals surface area contributed by atoms with E-state index < -0.39 is 74.6 Å². The predicted octanol–water partition coefficient (Wildman–Crippen LogP) is 12.6. The fourth-order valence-corrected chi connectivity index (χ4v) is 5.73. The van der Waals surface area contributed by atoms with Crippen LogP contribution in [-0.2, 0) is 41.4 Å². The molecule has 0 aromatic carbocycles. The van der Waals surface area contributed by atoms with Crippen LogP contribution in [0.25, 0.3) is 0 Å². The molecule has 418 valence electrons. The first kappa shape index (κ1) is 33.1. The summed E-state index contributed by atoms with van der Waals surface area (Å²) >= 11 is 1.16. The summed E-state index contributed by atoms with van der Waals surface area (Å²) in [6.07, 6.45) is 11.9. The average molecular weight is 1090 g/mol. The van der Waals surface area contributed by atoms with Crippen molar-refractivity contribution in [2.24, 2.45) is 34.9 Å². The van der Waals surface area contributed by atoms with Gasteiger partial charge in [0.2, 0.25) is 0 Å². The van der Waals surface area contributed by atoms with Gasteiger partial charge in [0.05, 0.1) is 27.2 Å². The summed E-state index contributed by atoms with van der Waals surface area (Å²) in [5.74, 6) is 1.23. The lowest BCUT2D eigenvalue weighted by atomic mass is 10.1. The molecule has 0 saturated heterocycles. The Bertz CT molecular complexity index is 3430. The Morgan fingerprint density at radius 3 is 1.67 bits per heavy atom. The highest BCUT2D eigenvalue weighted by molar-refractivity contribution is 7.11. The van der Waals surface area contributed by atoms with Crippen LogP contribution >= 0.6 is 11.3 Å². The number of imidazole rings is 2. The Balaban J connectivity index is 0.000000596. The van der Waals surface area contributed by atoms with Crippen molar-refractivity contribution in [2.75, 3.05) is 0 Å². The fourth-order valence-electron chi connectivity index (χ4n) is 5.13. The van der Waals surface area contributed by atoms with Crippen molar-refractivity contribution >= 4 is 11.3 Å². The second-order valence-corrected chi connectivity index (χ2v) is 19.6. The molecule has 8 rings (SSSR count). The van der Waals surface area contributed by atoms with Crippen LogP contribution in [0.1, 0.15) is 272 Å². The van der Waals surface area contributed by atoms with Crippen LogP contribution in [-0.4, -0.2) is 88.6 Å². The van der Waals surface area contributed by atoms with Gasteiger partial charge in [0.25, 0.3) is 0 Å². The Hall–Kier alpha value is -6.18. The molecule has 0 N–H and O–H groups in total. The van der Waals surface area contributed by atoms with Crippen molar-refractivity contribution < 1.29 is 44.2 Å². The lowest BCUT2D eigenvalue weighted by Crippen LogP contribution is -2.00. The van der Waals surface area contributed by atoms with E-state index in [1.54, 1.807) is 46.3 Å². The highest BCUT2D eigenvalue weighted by Gasteiger charge is 2.09. The number of aromatic nitrogens is 18. The molecular weight excluding hydrogens is 961 g/mol. The first-order valence-corrected chi connectivity index (χ1v) is 24.7. The zero-order chi connectivity index (χ0) is 81.6. The summed E-state index contributed by atoms with van der Waals surface area (Å²) in [5.41, 5.74) is 2.92. The monoisotopic (exact) mass is 1090 g/mol. The van der Waals surface area contributed by atoms with Gasteiger partial charge in [-0.15, -0.1) is 47.0 Å². The summed E-state index contributed by atoms with van der Waals surface area (Å²) in [6.45, 7) is 9.58. The number of hydrogen-bond donors (Lipinski definition) is 0. The van der Waals surface area contributed by atoms with E-state index in [1.807, 2.05) is 69.2 Å². The Morgan fingerprint density at radius 1 is 0.560 bits per heavy atom. The van der Waals surface area contributed by atoms with E-state index in [0.29, 0.717) is 28.9 Å². The second-order valence-electron chi connectivity index (χ2n) is 18.6. The minimum Gasteiger partial charge on any atom is -0.446 e. The van der Waals surface area contributed by atoms with Gasteiger partial charge < -0.3 is 22.7 Å². The van der Waals surface area contributed by atoms with Crippen molar-refractivity contribution in [3.05, 3.63) is 117 Å². The van der Waals surface area contributed by atoms with Gasteiger partial charge in [0.15, 0.2) is 5.89 Å². The molecule has 75 heavy (non-hydrogen) atoms. The summed E-state index contributed by atoms with van der Waals surface area (Å²) in [7, 11) is 0. The first-order valence-electron chi connectivity index (χ1n) is 38.3. The minimum atomic E-state index is -2.58. The largest absolute Gasteiger partial charge is 0.446 e. The molecule has 8 aromatic heterocycles. The van der Waals surface area contributed by atoms with Gasteiger partial charge in [-0.2, -0.15) is 5.10 Å². The van der Waals surface area contributed by atoms with Gasteiger partial charge in [-0.3, -0.25) is 9.36 Å². The first-order chi connectivity index (χ1) is 46.6. The average Bonchev–Trinajstić information content (AvgIpc) is 1.63. The number of rotatable bonds is 9. The highest BCUT2D eigenvalue weighted by Crippen LogP contribution is 2.18. The highest BCUT2D eigenvalue weighted by atomic mass is 32.1. The standard InChI is InChI=1S/2C8H14N2.C7H13N3.C7H12N2.C7H11NO.2C6H11N3.C6H10N2S/c1-6(2)8-5-9-7(3)10(8)4;1-4-10-6-8(5-9-10)7(2)3;1-5(2)7-9-8-6(3)10(7)4;1-6(2)7-4-8-5-9(7)3;1-5(2)7-4-8-6(3)9-7;1-5(2)6-8-7-4-9(6)3;1-5(2)6-4-9(3)8-7-6;1-4(2)6-8-7-5(3)9-6/h5-6H,1-4H3;5-7H,4H2,1-3H3;5H,1-4H3;4-6H,1-3H3;3*4-5H,1-3H3;4H,1-3H3/i3D3,4D3;4D2;3D3,4D3;5*3D3. The quantitative estimate of drug-likeness (QED) is 0.132. The minimum absolute atomic E-state index is 0.0768. The number of oxazole rings is 1. The van der Waals surface area contributed by atoms with Gasteiger partial charge >= 0.3 is 0 Å². The molecule has 0 aliphatic heterocycles. The zero-order valence-electron chi connectivity index (χ0n) is 75.1. The van der Waals surface area contributed by atoms with Crippen LogP contribution in [0.4, 0.5) is 0 Å².